The lowest BCUT2D eigenvalue weighted by Gasteiger charge is -1.99. The van der Waals surface area contributed by atoms with Gasteiger partial charge in [-0.2, -0.15) is 0 Å². The number of aldehydes is 2. The largest absolute Gasteiger partial charge is 0.502 e. The first-order valence-corrected chi connectivity index (χ1v) is 4.49. The van der Waals surface area contributed by atoms with Crippen LogP contribution in [0.3, 0.4) is 0 Å². The minimum atomic E-state index is -0.812. The van der Waals surface area contributed by atoms with Crippen LogP contribution in [0.1, 0.15) is 22.3 Å². The van der Waals surface area contributed by atoms with E-state index in [1.165, 1.54) is 6.07 Å². The molecule has 0 aliphatic carbocycles. The van der Waals surface area contributed by atoms with E-state index in [9.17, 15) is 24.8 Å². The summed E-state index contributed by atoms with van der Waals surface area (Å²) in [4.78, 5) is 30.4. The molecule has 0 atom stereocenters. The van der Waals surface area contributed by atoms with Gasteiger partial charge in [0.15, 0.2) is 6.29 Å². The lowest BCUT2D eigenvalue weighted by atomic mass is 10.1. The third kappa shape index (κ3) is 2.89. The number of phenols is 1. The molecule has 0 spiro atoms. The summed E-state index contributed by atoms with van der Waals surface area (Å²) in [6.45, 7) is 0. The van der Waals surface area contributed by atoms with E-state index in [4.69, 9.17) is 0 Å². The molecule has 17 heavy (non-hydrogen) atoms. The SMILES string of the molecule is O=CCC#Cc1cc(C=O)c(O)c([N+](=O)[O-])c1. The number of nitrogens with zero attached hydrogens (tertiary/aromatic N) is 1. The van der Waals surface area contributed by atoms with E-state index in [1.807, 2.05) is 0 Å². The first-order chi connectivity index (χ1) is 8.10. The van der Waals surface area contributed by atoms with Gasteiger partial charge in [-0.3, -0.25) is 14.9 Å². The standard InChI is InChI=1S/C11H7NO5/c13-4-2-1-3-8-5-9(7-14)11(15)10(6-8)12(16)17/h4-7,15H,2H2. The van der Waals surface area contributed by atoms with Crippen molar-refractivity contribution in [3.05, 3.63) is 33.4 Å². The Morgan fingerprint density at radius 3 is 2.65 bits per heavy atom. The maximum atomic E-state index is 10.6. The quantitative estimate of drug-likeness (QED) is 0.364. The van der Waals surface area contributed by atoms with E-state index in [0.29, 0.717) is 12.6 Å². The van der Waals surface area contributed by atoms with Crippen LogP contribution in [-0.4, -0.2) is 22.6 Å². The van der Waals surface area contributed by atoms with Crippen molar-refractivity contribution in [2.45, 2.75) is 6.42 Å². The summed E-state index contributed by atoms with van der Waals surface area (Å²) in [7, 11) is 0. The molecule has 1 N–H and O–H groups in total. The number of hydrogen-bond acceptors (Lipinski definition) is 5. The highest BCUT2D eigenvalue weighted by Gasteiger charge is 2.18. The Kier molecular flexibility index (Phi) is 3.95. The van der Waals surface area contributed by atoms with Crippen LogP contribution >= 0.6 is 0 Å². The van der Waals surface area contributed by atoms with Crippen molar-refractivity contribution in [1.29, 1.82) is 0 Å². The van der Waals surface area contributed by atoms with Crippen LogP contribution in [0.2, 0.25) is 0 Å². The van der Waals surface area contributed by atoms with Gasteiger partial charge in [-0.25, -0.2) is 0 Å². The molecule has 0 radical (unpaired) electrons. The van der Waals surface area contributed by atoms with Crippen LogP contribution in [0.5, 0.6) is 5.75 Å². The van der Waals surface area contributed by atoms with Crippen molar-refractivity contribution in [3.63, 3.8) is 0 Å². The summed E-state index contributed by atoms with van der Waals surface area (Å²) in [5.74, 6) is 4.25. The van der Waals surface area contributed by atoms with Gasteiger partial charge in [-0.05, 0) is 6.07 Å². The molecule has 6 nitrogen and oxygen atoms in total. The normalized spacial score (nSPS) is 8.94. The van der Waals surface area contributed by atoms with E-state index < -0.39 is 16.4 Å². The van der Waals surface area contributed by atoms with E-state index in [2.05, 4.69) is 11.8 Å². The van der Waals surface area contributed by atoms with Gasteiger partial charge < -0.3 is 9.90 Å². The van der Waals surface area contributed by atoms with Gasteiger partial charge in [-0.15, -0.1) is 0 Å². The van der Waals surface area contributed by atoms with Crippen molar-refractivity contribution < 1.29 is 19.6 Å². The molecule has 86 valence electrons. The monoisotopic (exact) mass is 233 g/mol. The van der Waals surface area contributed by atoms with Crippen LogP contribution in [0, 0.1) is 22.0 Å². The second kappa shape index (κ2) is 5.42. The number of nitro groups is 1. The molecule has 0 saturated heterocycles. The zero-order valence-electron chi connectivity index (χ0n) is 8.54. The Labute approximate surface area is 96.0 Å². The third-order valence-corrected chi connectivity index (χ3v) is 1.86. The number of phenolic OH excluding ortho intramolecular Hbond substituents is 1. The Morgan fingerprint density at radius 2 is 2.12 bits per heavy atom. The highest BCUT2D eigenvalue weighted by atomic mass is 16.6. The molecule has 0 heterocycles. The van der Waals surface area contributed by atoms with Crippen LogP contribution < -0.4 is 0 Å². The van der Waals surface area contributed by atoms with Crippen LogP contribution in [0.4, 0.5) is 5.69 Å². The lowest BCUT2D eigenvalue weighted by Crippen LogP contribution is -1.93. The summed E-state index contributed by atoms with van der Waals surface area (Å²) in [6.07, 6.45) is 0.876. The second-order valence-electron chi connectivity index (χ2n) is 2.98. The van der Waals surface area contributed by atoms with Gasteiger partial charge >= 0.3 is 5.69 Å². The smallest absolute Gasteiger partial charge is 0.312 e. The van der Waals surface area contributed by atoms with Gasteiger partial charge in [0, 0.05) is 11.6 Å². The second-order valence-corrected chi connectivity index (χ2v) is 2.98. The molecular formula is C11H7NO5. The van der Waals surface area contributed by atoms with Gasteiger partial charge in [0.05, 0.1) is 16.9 Å². The number of aromatic hydroxyl groups is 1. The van der Waals surface area contributed by atoms with Gasteiger partial charge in [-0.1, -0.05) is 11.8 Å². The molecule has 0 unspecified atom stereocenters. The van der Waals surface area contributed by atoms with Crippen molar-refractivity contribution in [3.8, 4) is 17.6 Å². The van der Waals surface area contributed by atoms with Crippen molar-refractivity contribution >= 4 is 18.3 Å². The molecule has 0 aromatic heterocycles. The Bertz CT molecular complexity index is 539. The maximum Gasteiger partial charge on any atom is 0.312 e. The molecule has 0 fully saturated rings. The minimum Gasteiger partial charge on any atom is -0.502 e. The molecule has 6 heteroatoms. The van der Waals surface area contributed by atoms with Gasteiger partial charge in [0.1, 0.15) is 6.29 Å². The fourth-order valence-electron chi connectivity index (χ4n) is 1.14. The van der Waals surface area contributed by atoms with Crippen molar-refractivity contribution in [2.24, 2.45) is 0 Å². The fourth-order valence-corrected chi connectivity index (χ4v) is 1.14. The topological polar surface area (TPSA) is 97.5 Å². The molecule has 0 amide bonds. The van der Waals surface area contributed by atoms with E-state index in [0.717, 1.165) is 6.07 Å². The highest BCUT2D eigenvalue weighted by molar-refractivity contribution is 5.83. The third-order valence-electron chi connectivity index (χ3n) is 1.86. The van der Waals surface area contributed by atoms with E-state index >= 15 is 0 Å². The summed E-state index contributed by atoms with van der Waals surface area (Å²) in [5.41, 5.74) is -0.613. The van der Waals surface area contributed by atoms with Crippen LogP contribution in [0.25, 0.3) is 0 Å². The average Bonchev–Trinajstić information content (AvgIpc) is 2.30. The van der Waals surface area contributed by atoms with E-state index in [1.54, 1.807) is 0 Å². The summed E-state index contributed by atoms with van der Waals surface area (Å²) in [6, 6.07) is 2.26. The number of carbonyl (C=O) groups excluding carboxylic acids is 2. The minimum absolute atomic E-state index is 0.00883. The predicted molar refractivity (Wildman–Crippen MR) is 57.7 cm³/mol. The lowest BCUT2D eigenvalue weighted by molar-refractivity contribution is -0.385. The molecule has 0 bridgehead atoms. The van der Waals surface area contributed by atoms with Gasteiger partial charge in [0.2, 0.25) is 5.75 Å². The molecule has 0 aliphatic heterocycles. The fraction of sp³-hybridized carbons (Fsp3) is 0.0909. The summed E-state index contributed by atoms with van der Waals surface area (Å²) >= 11 is 0. The number of benzene rings is 1. The molecular weight excluding hydrogens is 226 g/mol. The Morgan fingerprint density at radius 1 is 1.41 bits per heavy atom. The Balaban J connectivity index is 3.31. The summed E-state index contributed by atoms with van der Waals surface area (Å²) in [5, 5.41) is 20.0. The number of nitro benzene ring substituents is 1. The van der Waals surface area contributed by atoms with Crippen molar-refractivity contribution in [1.82, 2.24) is 0 Å². The molecule has 0 saturated carbocycles. The van der Waals surface area contributed by atoms with Crippen LogP contribution in [0.15, 0.2) is 12.1 Å². The summed E-state index contributed by atoms with van der Waals surface area (Å²) < 4.78 is 0. The number of carbonyl (C=O) groups is 2. The van der Waals surface area contributed by atoms with Crippen LogP contribution in [-0.2, 0) is 4.79 Å². The highest BCUT2D eigenvalue weighted by Crippen LogP contribution is 2.29. The number of rotatable bonds is 3. The predicted octanol–water partition coefficient (Wildman–Crippen LogP) is 1.05. The Hall–Kier alpha value is -2.68. The first-order valence-electron chi connectivity index (χ1n) is 4.49. The molecule has 1 aromatic rings. The van der Waals surface area contributed by atoms with E-state index in [-0.39, 0.29) is 17.5 Å². The molecule has 1 aromatic carbocycles. The van der Waals surface area contributed by atoms with Crippen molar-refractivity contribution in [2.75, 3.05) is 0 Å². The average molecular weight is 233 g/mol. The van der Waals surface area contributed by atoms with Gasteiger partial charge in [0.25, 0.3) is 0 Å². The first kappa shape index (κ1) is 12.4. The number of hydrogen-bond donors (Lipinski definition) is 1. The zero-order chi connectivity index (χ0) is 12.8. The molecule has 1 rings (SSSR count). The zero-order valence-corrected chi connectivity index (χ0v) is 8.54. The maximum absolute atomic E-state index is 10.6. The molecule has 0 aliphatic rings.